The molecule has 0 aliphatic heterocycles. The first-order valence-corrected chi connectivity index (χ1v) is 6.69. The number of hydrogen-bond donors (Lipinski definition) is 1. The fourth-order valence-electron chi connectivity index (χ4n) is 1.65. The summed E-state index contributed by atoms with van der Waals surface area (Å²) in [7, 11) is 1.68. The minimum absolute atomic E-state index is 0.204. The molecule has 0 spiro atoms. The summed E-state index contributed by atoms with van der Waals surface area (Å²) in [6.07, 6.45) is 0. The van der Waals surface area contributed by atoms with Crippen LogP contribution in [-0.4, -0.2) is 17.9 Å². The van der Waals surface area contributed by atoms with Gasteiger partial charge in [-0.15, -0.1) is 0 Å². The van der Waals surface area contributed by atoms with Crippen LogP contribution in [0.15, 0.2) is 39.4 Å². The van der Waals surface area contributed by atoms with E-state index in [1.165, 1.54) is 4.90 Å². The zero-order chi connectivity index (χ0) is 14.0. The van der Waals surface area contributed by atoms with E-state index in [4.69, 9.17) is 21.8 Å². The van der Waals surface area contributed by atoms with Gasteiger partial charge in [-0.2, -0.15) is 0 Å². The van der Waals surface area contributed by atoms with Crippen LogP contribution in [0.3, 0.4) is 0 Å². The van der Waals surface area contributed by atoms with Gasteiger partial charge in [0.25, 0.3) is 5.91 Å². The Morgan fingerprint density at radius 3 is 2.79 bits per heavy atom. The second-order valence-electron chi connectivity index (χ2n) is 4.11. The predicted molar refractivity (Wildman–Crippen MR) is 78.1 cm³/mol. The van der Waals surface area contributed by atoms with Crippen LogP contribution in [-0.2, 0) is 6.54 Å². The molecule has 0 atom stereocenters. The summed E-state index contributed by atoms with van der Waals surface area (Å²) in [6, 6.07) is 8.42. The number of benzene rings is 1. The maximum absolute atomic E-state index is 12.3. The number of nitrogens with zero attached hydrogens (tertiary/aromatic N) is 1. The summed E-state index contributed by atoms with van der Waals surface area (Å²) in [5.41, 5.74) is 6.55. The summed E-state index contributed by atoms with van der Waals surface area (Å²) in [6.45, 7) is 0.357. The Morgan fingerprint density at radius 2 is 2.16 bits per heavy atom. The Labute approximate surface area is 124 Å². The molecular formula is C13H12BrClN2O2. The molecular weight excluding hydrogens is 332 g/mol. The van der Waals surface area contributed by atoms with Gasteiger partial charge in [-0.05, 0) is 46.3 Å². The highest BCUT2D eigenvalue weighted by Gasteiger charge is 2.16. The van der Waals surface area contributed by atoms with Crippen LogP contribution in [0.1, 0.15) is 16.1 Å². The van der Waals surface area contributed by atoms with Gasteiger partial charge in [-0.25, -0.2) is 0 Å². The lowest BCUT2D eigenvalue weighted by Gasteiger charge is -2.16. The summed E-state index contributed by atoms with van der Waals surface area (Å²) in [4.78, 5) is 13.8. The Morgan fingerprint density at radius 1 is 1.42 bits per heavy atom. The van der Waals surface area contributed by atoms with Crippen molar-refractivity contribution in [2.24, 2.45) is 0 Å². The number of carbonyl (C=O) groups is 1. The summed E-state index contributed by atoms with van der Waals surface area (Å²) >= 11 is 9.23. The van der Waals surface area contributed by atoms with Crippen LogP contribution < -0.4 is 5.73 Å². The first-order valence-electron chi connectivity index (χ1n) is 5.52. The highest BCUT2D eigenvalue weighted by molar-refractivity contribution is 9.10. The second-order valence-corrected chi connectivity index (χ2v) is 5.30. The third kappa shape index (κ3) is 3.30. The van der Waals surface area contributed by atoms with E-state index in [1.807, 2.05) is 0 Å². The largest absolute Gasteiger partial charge is 0.452 e. The minimum Gasteiger partial charge on any atom is -0.452 e. The van der Waals surface area contributed by atoms with Crippen LogP contribution in [0.4, 0.5) is 5.69 Å². The van der Waals surface area contributed by atoms with Crippen molar-refractivity contribution in [1.29, 1.82) is 0 Å². The number of nitrogen functional groups attached to an aromatic ring is 1. The number of halogens is 2. The van der Waals surface area contributed by atoms with Crippen LogP contribution in [0.5, 0.6) is 0 Å². The van der Waals surface area contributed by atoms with Crippen molar-refractivity contribution in [3.8, 4) is 0 Å². The fraction of sp³-hybridized carbons (Fsp3) is 0.154. The van der Waals surface area contributed by atoms with E-state index in [2.05, 4.69) is 15.9 Å². The quantitative estimate of drug-likeness (QED) is 0.867. The molecule has 1 heterocycles. The van der Waals surface area contributed by atoms with Crippen molar-refractivity contribution in [1.82, 2.24) is 4.90 Å². The van der Waals surface area contributed by atoms with Crippen LogP contribution in [0.2, 0.25) is 5.02 Å². The molecule has 100 valence electrons. The maximum atomic E-state index is 12.3. The Kier molecular flexibility index (Phi) is 4.17. The smallest absolute Gasteiger partial charge is 0.255 e. The van der Waals surface area contributed by atoms with Gasteiger partial charge in [0.2, 0.25) is 0 Å². The molecule has 0 fully saturated rings. The summed E-state index contributed by atoms with van der Waals surface area (Å²) in [5, 5.41) is 0.381. The standard InChI is InChI=1S/C13H12BrClN2O2/c1-17(7-9-3-5-12(14)19-9)13(18)10-6-8(16)2-4-11(10)15/h2-6H,7,16H2,1H3. The van der Waals surface area contributed by atoms with Crippen LogP contribution >= 0.6 is 27.5 Å². The maximum Gasteiger partial charge on any atom is 0.255 e. The van der Waals surface area contributed by atoms with E-state index in [0.717, 1.165) is 0 Å². The molecule has 2 N–H and O–H groups in total. The number of furan rings is 1. The molecule has 4 nitrogen and oxygen atoms in total. The molecule has 1 aromatic heterocycles. The molecule has 0 unspecified atom stereocenters. The van der Waals surface area contributed by atoms with Crippen LogP contribution in [0, 0.1) is 0 Å². The SMILES string of the molecule is CN(Cc1ccc(Br)o1)C(=O)c1cc(N)ccc1Cl. The van der Waals surface area contributed by atoms with Gasteiger partial charge in [0.15, 0.2) is 4.67 Å². The van der Waals surface area contributed by atoms with E-state index in [-0.39, 0.29) is 5.91 Å². The van der Waals surface area contributed by atoms with E-state index < -0.39 is 0 Å². The summed E-state index contributed by atoms with van der Waals surface area (Å²) in [5.74, 6) is 0.479. The van der Waals surface area contributed by atoms with Crippen molar-refractivity contribution in [2.45, 2.75) is 6.54 Å². The van der Waals surface area contributed by atoms with Gasteiger partial charge in [-0.1, -0.05) is 11.6 Å². The highest BCUT2D eigenvalue weighted by Crippen LogP contribution is 2.21. The molecule has 6 heteroatoms. The number of carbonyl (C=O) groups excluding carboxylic acids is 1. The van der Waals surface area contributed by atoms with Gasteiger partial charge >= 0.3 is 0 Å². The fourth-order valence-corrected chi connectivity index (χ4v) is 2.19. The van der Waals surface area contributed by atoms with E-state index >= 15 is 0 Å². The average molecular weight is 344 g/mol. The molecule has 0 radical (unpaired) electrons. The Hall–Kier alpha value is -1.46. The molecule has 0 saturated heterocycles. The number of hydrogen-bond acceptors (Lipinski definition) is 3. The first-order chi connectivity index (χ1) is 8.97. The van der Waals surface area contributed by atoms with Gasteiger partial charge in [0.05, 0.1) is 17.1 Å². The molecule has 0 aliphatic rings. The lowest BCUT2D eigenvalue weighted by atomic mass is 10.1. The Bertz CT molecular complexity index is 612. The zero-order valence-electron chi connectivity index (χ0n) is 10.2. The van der Waals surface area contributed by atoms with Gasteiger partial charge in [0.1, 0.15) is 5.76 Å². The lowest BCUT2D eigenvalue weighted by Crippen LogP contribution is -2.26. The molecule has 1 amide bonds. The number of amides is 1. The number of nitrogens with two attached hydrogens (primary N) is 1. The Balaban J connectivity index is 2.16. The van der Waals surface area contributed by atoms with Crippen molar-refractivity contribution < 1.29 is 9.21 Å². The monoisotopic (exact) mass is 342 g/mol. The topological polar surface area (TPSA) is 59.5 Å². The van der Waals surface area contributed by atoms with Crippen molar-refractivity contribution in [3.05, 3.63) is 51.3 Å². The molecule has 2 aromatic rings. The molecule has 0 saturated carbocycles. The van der Waals surface area contributed by atoms with Crippen molar-refractivity contribution in [2.75, 3.05) is 12.8 Å². The molecule has 19 heavy (non-hydrogen) atoms. The average Bonchev–Trinajstić information content (AvgIpc) is 2.77. The normalized spacial score (nSPS) is 10.5. The highest BCUT2D eigenvalue weighted by atomic mass is 79.9. The molecule has 1 aromatic carbocycles. The van der Waals surface area contributed by atoms with E-state index in [9.17, 15) is 4.79 Å². The lowest BCUT2D eigenvalue weighted by molar-refractivity contribution is 0.0775. The molecule has 0 bridgehead atoms. The van der Waals surface area contributed by atoms with Gasteiger partial charge < -0.3 is 15.1 Å². The van der Waals surface area contributed by atoms with E-state index in [0.29, 0.717) is 33.2 Å². The number of anilines is 1. The van der Waals surface area contributed by atoms with Gasteiger partial charge in [0, 0.05) is 12.7 Å². The van der Waals surface area contributed by atoms with Crippen molar-refractivity contribution in [3.63, 3.8) is 0 Å². The molecule has 0 aliphatic carbocycles. The minimum atomic E-state index is -0.204. The van der Waals surface area contributed by atoms with Crippen LogP contribution in [0.25, 0.3) is 0 Å². The predicted octanol–water partition coefficient (Wildman–Crippen LogP) is 3.55. The first kappa shape index (κ1) is 14.0. The van der Waals surface area contributed by atoms with Crippen molar-refractivity contribution >= 4 is 39.1 Å². The third-order valence-corrected chi connectivity index (χ3v) is 3.35. The van der Waals surface area contributed by atoms with E-state index in [1.54, 1.807) is 37.4 Å². The summed E-state index contributed by atoms with van der Waals surface area (Å²) < 4.78 is 5.99. The second kappa shape index (κ2) is 5.67. The number of rotatable bonds is 3. The zero-order valence-corrected chi connectivity index (χ0v) is 12.5. The molecule has 2 rings (SSSR count). The third-order valence-electron chi connectivity index (χ3n) is 2.59. The van der Waals surface area contributed by atoms with Gasteiger partial charge in [-0.3, -0.25) is 4.79 Å².